The van der Waals surface area contributed by atoms with Crippen molar-refractivity contribution in [2.24, 2.45) is 0 Å². The molecule has 3 atom stereocenters. The normalized spacial score (nSPS) is 16.2. The van der Waals surface area contributed by atoms with Crippen molar-refractivity contribution >= 4 is 17.9 Å². The Bertz CT molecular complexity index is 553. The number of carboxylic acid groups (broad SMARTS) is 3. The molecule has 0 fully saturated rings. The highest BCUT2D eigenvalue weighted by Crippen LogP contribution is 2.27. The summed E-state index contributed by atoms with van der Waals surface area (Å²) in [5.74, 6) is -3.55. The highest BCUT2D eigenvalue weighted by Gasteiger charge is 2.52. The SMILES string of the molecule is CCCCCCCCCCC/C=C/CCCC[N+](C(C)C(=O)O)(C(C)C(=O)O)C(C)C(=O)O. The summed E-state index contributed by atoms with van der Waals surface area (Å²) in [6.45, 7) is 6.66. The molecule has 3 unspecified atom stereocenters. The predicted octanol–water partition coefficient (Wildman–Crippen LogP) is 5.87. The minimum absolute atomic E-state index is 0.195. The zero-order chi connectivity index (χ0) is 25.3. The Kier molecular flexibility index (Phi) is 16.6. The summed E-state index contributed by atoms with van der Waals surface area (Å²) in [5, 5.41) is 28.8. The van der Waals surface area contributed by atoms with Crippen LogP contribution in [0.3, 0.4) is 0 Å². The molecule has 3 N–H and O–H groups in total. The van der Waals surface area contributed by atoms with E-state index in [0.717, 1.165) is 19.3 Å². The largest absolute Gasteiger partial charge is 0.477 e. The highest BCUT2D eigenvalue weighted by molar-refractivity contribution is 5.77. The van der Waals surface area contributed by atoms with Gasteiger partial charge >= 0.3 is 17.9 Å². The zero-order valence-electron chi connectivity index (χ0n) is 21.3. The Morgan fingerprint density at radius 1 is 0.606 bits per heavy atom. The van der Waals surface area contributed by atoms with Crippen LogP contribution in [-0.2, 0) is 14.4 Å². The molecular weight excluding hydrogens is 422 g/mol. The average molecular weight is 471 g/mol. The number of carboxylic acids is 3. The van der Waals surface area contributed by atoms with E-state index in [0.29, 0.717) is 6.42 Å². The molecule has 0 aliphatic carbocycles. The van der Waals surface area contributed by atoms with Crippen LogP contribution in [0, 0.1) is 0 Å². The second-order valence-corrected chi connectivity index (χ2v) is 9.35. The maximum Gasteiger partial charge on any atom is 0.362 e. The van der Waals surface area contributed by atoms with Gasteiger partial charge in [-0.2, -0.15) is 0 Å². The van der Waals surface area contributed by atoms with Gasteiger partial charge in [0.05, 0.1) is 6.54 Å². The number of aliphatic carboxylic acids is 3. The van der Waals surface area contributed by atoms with Crippen molar-refractivity contribution in [3.8, 4) is 0 Å². The lowest BCUT2D eigenvalue weighted by Crippen LogP contribution is -2.70. The Morgan fingerprint density at radius 2 is 0.939 bits per heavy atom. The number of hydrogen-bond acceptors (Lipinski definition) is 3. The molecule has 0 bridgehead atoms. The first-order valence-corrected chi connectivity index (χ1v) is 12.8. The molecule has 7 nitrogen and oxygen atoms in total. The van der Waals surface area contributed by atoms with E-state index in [1.807, 2.05) is 0 Å². The van der Waals surface area contributed by atoms with Crippen molar-refractivity contribution in [3.05, 3.63) is 12.2 Å². The van der Waals surface area contributed by atoms with Crippen LogP contribution in [0.25, 0.3) is 0 Å². The van der Waals surface area contributed by atoms with Crippen LogP contribution in [-0.4, -0.2) is 62.4 Å². The van der Waals surface area contributed by atoms with Crippen molar-refractivity contribution in [3.63, 3.8) is 0 Å². The summed E-state index contributed by atoms with van der Waals surface area (Å²) in [4.78, 5) is 35.2. The van der Waals surface area contributed by atoms with Crippen LogP contribution in [0.2, 0.25) is 0 Å². The maximum atomic E-state index is 11.7. The zero-order valence-corrected chi connectivity index (χ0v) is 21.3. The molecule has 0 aromatic heterocycles. The summed E-state index contributed by atoms with van der Waals surface area (Å²) in [5.41, 5.74) is 0. The first-order chi connectivity index (χ1) is 15.6. The quantitative estimate of drug-likeness (QED) is 0.110. The van der Waals surface area contributed by atoms with Gasteiger partial charge in [-0.1, -0.05) is 70.4 Å². The number of carbonyl (C=O) groups is 3. The van der Waals surface area contributed by atoms with E-state index >= 15 is 0 Å². The van der Waals surface area contributed by atoms with Crippen molar-refractivity contribution in [2.75, 3.05) is 6.54 Å². The van der Waals surface area contributed by atoms with Crippen LogP contribution < -0.4 is 0 Å². The number of unbranched alkanes of at least 4 members (excludes halogenated alkanes) is 11. The standard InChI is InChI=1S/C26H47NO6/c1-5-6-7-8-9-10-11-12-13-14-15-16-17-18-19-20-27(21(2)24(28)29,22(3)25(30)31)23(4)26(32)33/h15-16,21-23H,5-14,17-20H2,1-4H3,(H2-,28,29,30,31,32,33)/p+1/b16-15+. The number of hydrogen-bond donors (Lipinski definition) is 3. The molecule has 7 heteroatoms. The Balaban J connectivity index is 4.50. The van der Waals surface area contributed by atoms with Crippen molar-refractivity contribution in [1.29, 1.82) is 0 Å². The van der Waals surface area contributed by atoms with E-state index in [9.17, 15) is 29.7 Å². The van der Waals surface area contributed by atoms with Gasteiger partial charge in [0.25, 0.3) is 0 Å². The van der Waals surface area contributed by atoms with Crippen LogP contribution in [0.1, 0.15) is 111 Å². The summed E-state index contributed by atoms with van der Waals surface area (Å²) in [6.07, 6.45) is 19.3. The van der Waals surface area contributed by atoms with Crippen molar-refractivity contribution in [2.45, 2.75) is 129 Å². The Labute approximate surface area is 200 Å². The summed E-state index contributed by atoms with van der Waals surface area (Å²) < 4.78 is -0.498. The third-order valence-corrected chi connectivity index (χ3v) is 7.04. The van der Waals surface area contributed by atoms with Gasteiger partial charge in [0.15, 0.2) is 18.1 Å². The monoisotopic (exact) mass is 470 g/mol. The van der Waals surface area contributed by atoms with Crippen LogP contribution in [0.4, 0.5) is 0 Å². The Morgan fingerprint density at radius 3 is 1.30 bits per heavy atom. The average Bonchev–Trinajstić information content (AvgIpc) is 2.77. The van der Waals surface area contributed by atoms with E-state index in [1.54, 1.807) is 0 Å². The minimum atomic E-state index is -1.18. The highest BCUT2D eigenvalue weighted by atomic mass is 16.4. The summed E-state index contributed by atoms with van der Waals surface area (Å²) >= 11 is 0. The topological polar surface area (TPSA) is 112 Å². The molecule has 192 valence electrons. The molecule has 0 aliphatic rings. The molecule has 0 radical (unpaired) electrons. The van der Waals surface area contributed by atoms with Gasteiger partial charge in [-0.3, -0.25) is 4.48 Å². The Hall–Kier alpha value is -1.89. The van der Waals surface area contributed by atoms with Gasteiger partial charge in [0, 0.05) is 0 Å². The second kappa shape index (κ2) is 17.6. The molecule has 0 rings (SSSR count). The molecule has 0 saturated carbocycles. The van der Waals surface area contributed by atoms with Crippen LogP contribution in [0.15, 0.2) is 12.2 Å². The minimum Gasteiger partial charge on any atom is -0.477 e. The lowest BCUT2D eigenvalue weighted by atomic mass is 10.0. The molecule has 0 heterocycles. The van der Waals surface area contributed by atoms with Crippen LogP contribution in [0.5, 0.6) is 0 Å². The van der Waals surface area contributed by atoms with Gasteiger partial charge in [0.2, 0.25) is 0 Å². The molecule has 0 aliphatic heterocycles. The molecule has 33 heavy (non-hydrogen) atoms. The van der Waals surface area contributed by atoms with Crippen molar-refractivity contribution < 1.29 is 34.2 Å². The fourth-order valence-corrected chi connectivity index (χ4v) is 4.66. The van der Waals surface area contributed by atoms with E-state index in [4.69, 9.17) is 0 Å². The van der Waals surface area contributed by atoms with Gasteiger partial charge in [-0.25, -0.2) is 14.4 Å². The van der Waals surface area contributed by atoms with Crippen LogP contribution >= 0.6 is 0 Å². The van der Waals surface area contributed by atoms with E-state index in [-0.39, 0.29) is 6.54 Å². The number of allylic oxidation sites excluding steroid dienone is 2. The molecule has 0 aromatic carbocycles. The molecular formula is C26H48NO6+. The van der Waals surface area contributed by atoms with E-state index in [1.165, 1.54) is 78.6 Å². The van der Waals surface area contributed by atoms with Gasteiger partial charge in [-0.05, 0) is 52.9 Å². The number of nitrogens with zero attached hydrogens (tertiary/aromatic N) is 1. The van der Waals surface area contributed by atoms with Gasteiger partial charge < -0.3 is 15.3 Å². The summed E-state index contributed by atoms with van der Waals surface area (Å²) in [7, 11) is 0. The summed E-state index contributed by atoms with van der Waals surface area (Å²) in [6, 6.07) is -3.40. The smallest absolute Gasteiger partial charge is 0.362 e. The van der Waals surface area contributed by atoms with Crippen molar-refractivity contribution in [1.82, 2.24) is 0 Å². The molecule has 0 amide bonds. The fourth-order valence-electron chi connectivity index (χ4n) is 4.66. The first-order valence-electron chi connectivity index (χ1n) is 12.8. The third kappa shape index (κ3) is 11.2. The van der Waals surface area contributed by atoms with E-state index < -0.39 is 40.5 Å². The third-order valence-electron chi connectivity index (χ3n) is 7.04. The predicted molar refractivity (Wildman–Crippen MR) is 131 cm³/mol. The maximum absolute atomic E-state index is 11.7. The first kappa shape index (κ1) is 31.1. The lowest BCUT2D eigenvalue weighted by molar-refractivity contribution is -0.968. The van der Waals surface area contributed by atoms with E-state index in [2.05, 4.69) is 19.1 Å². The molecule has 0 aromatic rings. The fraction of sp³-hybridized carbons (Fsp3) is 0.808. The molecule has 0 spiro atoms. The number of rotatable bonds is 21. The lowest BCUT2D eigenvalue weighted by Gasteiger charge is -2.47. The second-order valence-electron chi connectivity index (χ2n) is 9.35. The number of quaternary nitrogens is 1. The molecule has 0 saturated heterocycles. The van der Waals surface area contributed by atoms with Gasteiger partial charge in [0.1, 0.15) is 0 Å². The van der Waals surface area contributed by atoms with Gasteiger partial charge in [-0.15, -0.1) is 0 Å².